The van der Waals surface area contributed by atoms with E-state index in [0.717, 1.165) is 5.52 Å². The smallest absolute Gasteiger partial charge is 0.259 e. The Morgan fingerprint density at radius 3 is 2.68 bits per heavy atom. The highest BCUT2D eigenvalue weighted by Gasteiger charge is 2.33. The molecule has 0 spiro atoms. The summed E-state index contributed by atoms with van der Waals surface area (Å²) in [5.74, 6) is -0.347. The molecule has 0 saturated heterocycles. The number of pyridine rings is 1. The van der Waals surface area contributed by atoms with Gasteiger partial charge in [0.15, 0.2) is 0 Å². The fourth-order valence-corrected chi connectivity index (χ4v) is 3.51. The molecule has 25 heavy (non-hydrogen) atoms. The summed E-state index contributed by atoms with van der Waals surface area (Å²) in [4.78, 5) is 32.5. The number of aromatic nitrogens is 2. The maximum absolute atomic E-state index is 12.5. The number of benzene rings is 2. The molecular weight excluding hydrogens is 322 g/mol. The number of phenolic OH excluding ortho intramolecular Hbond substituents is 1. The van der Waals surface area contributed by atoms with E-state index >= 15 is 0 Å². The number of nitrogens with one attached hydrogen (secondary N) is 2. The van der Waals surface area contributed by atoms with Gasteiger partial charge in [-0.15, -0.1) is 0 Å². The number of aromatic hydroxyl groups is 1. The van der Waals surface area contributed by atoms with E-state index in [-0.39, 0.29) is 11.3 Å². The second kappa shape index (κ2) is 4.47. The Kier molecular flexibility index (Phi) is 2.47. The van der Waals surface area contributed by atoms with Crippen molar-refractivity contribution in [1.82, 2.24) is 15.3 Å². The third kappa shape index (κ3) is 1.66. The van der Waals surface area contributed by atoms with Crippen molar-refractivity contribution in [3.63, 3.8) is 0 Å². The molecule has 1 aliphatic heterocycles. The number of amides is 2. The zero-order valence-electron chi connectivity index (χ0n) is 13.0. The van der Waals surface area contributed by atoms with Gasteiger partial charge in [-0.1, -0.05) is 0 Å². The van der Waals surface area contributed by atoms with Crippen LogP contribution in [0.15, 0.2) is 30.5 Å². The predicted molar refractivity (Wildman–Crippen MR) is 91.1 cm³/mol. The van der Waals surface area contributed by atoms with Gasteiger partial charge in [-0.05, 0) is 24.3 Å². The van der Waals surface area contributed by atoms with Gasteiger partial charge in [0.05, 0.1) is 35.5 Å². The van der Waals surface area contributed by atoms with Gasteiger partial charge in [-0.3, -0.25) is 19.9 Å². The molecule has 7 nitrogen and oxygen atoms in total. The minimum absolute atomic E-state index is 0.0784. The van der Waals surface area contributed by atoms with E-state index in [9.17, 15) is 14.7 Å². The first-order valence-corrected chi connectivity index (χ1v) is 7.58. The molecule has 2 aromatic carbocycles. The van der Waals surface area contributed by atoms with Gasteiger partial charge in [0.1, 0.15) is 11.5 Å². The van der Waals surface area contributed by atoms with E-state index in [2.05, 4.69) is 15.3 Å². The zero-order valence-corrected chi connectivity index (χ0v) is 13.0. The van der Waals surface area contributed by atoms with Crippen molar-refractivity contribution in [2.75, 3.05) is 7.11 Å². The molecule has 0 unspecified atom stereocenters. The molecule has 0 fully saturated rings. The second-order valence-corrected chi connectivity index (χ2v) is 5.91. The highest BCUT2D eigenvalue weighted by molar-refractivity contribution is 6.36. The van der Waals surface area contributed by atoms with Crippen molar-refractivity contribution < 1.29 is 19.4 Å². The third-order valence-electron chi connectivity index (χ3n) is 4.57. The normalized spacial score (nSPS) is 13.6. The minimum atomic E-state index is -0.462. The number of hydrogen-bond donors (Lipinski definition) is 3. The van der Waals surface area contributed by atoms with Crippen molar-refractivity contribution in [1.29, 1.82) is 0 Å². The lowest BCUT2D eigenvalue weighted by atomic mass is 9.97. The van der Waals surface area contributed by atoms with Crippen LogP contribution >= 0.6 is 0 Å². The molecular formula is C18H11N3O4. The van der Waals surface area contributed by atoms with E-state index < -0.39 is 11.8 Å². The van der Waals surface area contributed by atoms with E-state index in [1.807, 2.05) is 0 Å². The number of carbonyl (C=O) groups excluding carboxylic acids is 2. The zero-order chi connectivity index (χ0) is 17.3. The number of ether oxygens (including phenoxy) is 1. The van der Waals surface area contributed by atoms with Gasteiger partial charge in [-0.25, -0.2) is 0 Å². The average Bonchev–Trinajstić information content (AvgIpc) is 3.11. The van der Waals surface area contributed by atoms with Crippen molar-refractivity contribution in [2.24, 2.45) is 0 Å². The number of methoxy groups -OCH3 is 1. The summed E-state index contributed by atoms with van der Waals surface area (Å²) >= 11 is 0. The molecule has 3 N–H and O–H groups in total. The Labute approximate surface area is 140 Å². The highest BCUT2D eigenvalue weighted by atomic mass is 16.5. The first kappa shape index (κ1) is 13.8. The fourth-order valence-electron chi connectivity index (χ4n) is 3.51. The van der Waals surface area contributed by atoms with Gasteiger partial charge in [0.2, 0.25) is 0 Å². The van der Waals surface area contributed by atoms with Crippen LogP contribution in [0.25, 0.3) is 32.7 Å². The summed E-state index contributed by atoms with van der Waals surface area (Å²) in [6.07, 6.45) is 1.56. The van der Waals surface area contributed by atoms with Crippen molar-refractivity contribution in [3.05, 3.63) is 41.6 Å². The Balaban J connectivity index is 2.11. The maximum Gasteiger partial charge on any atom is 0.259 e. The molecule has 2 amide bonds. The first-order chi connectivity index (χ1) is 12.1. The number of nitrogens with zero attached hydrogens (tertiary/aromatic N) is 1. The van der Waals surface area contributed by atoms with Crippen LogP contribution in [-0.4, -0.2) is 34.0 Å². The minimum Gasteiger partial charge on any atom is -0.508 e. The van der Waals surface area contributed by atoms with Crippen LogP contribution in [0.5, 0.6) is 11.5 Å². The van der Waals surface area contributed by atoms with E-state index in [1.54, 1.807) is 30.5 Å². The number of phenols is 1. The monoisotopic (exact) mass is 333 g/mol. The lowest BCUT2D eigenvalue weighted by molar-refractivity contribution is 0.0880. The molecule has 0 atom stereocenters. The van der Waals surface area contributed by atoms with Crippen LogP contribution < -0.4 is 10.1 Å². The number of fused-ring (bicyclic) bond motifs is 8. The molecule has 122 valence electrons. The number of aromatic amines is 1. The van der Waals surface area contributed by atoms with E-state index in [1.165, 1.54) is 7.11 Å². The fraction of sp³-hybridized carbons (Fsp3) is 0.0556. The number of H-pyrrole nitrogens is 1. The van der Waals surface area contributed by atoms with Gasteiger partial charge in [0, 0.05) is 21.7 Å². The Morgan fingerprint density at radius 2 is 1.88 bits per heavy atom. The van der Waals surface area contributed by atoms with Crippen LogP contribution in [0.4, 0.5) is 0 Å². The highest BCUT2D eigenvalue weighted by Crippen LogP contribution is 2.40. The second-order valence-electron chi connectivity index (χ2n) is 5.91. The number of rotatable bonds is 1. The largest absolute Gasteiger partial charge is 0.508 e. The molecule has 7 heteroatoms. The van der Waals surface area contributed by atoms with Crippen LogP contribution in [-0.2, 0) is 0 Å². The Hall–Kier alpha value is -3.61. The lowest BCUT2D eigenvalue weighted by Gasteiger charge is -2.07. The number of imide groups is 1. The SMILES string of the molecule is COc1cnc2c(c1)c1c(c3c4cc(O)ccc4[nH]c23)C(=O)NC1=O. The van der Waals surface area contributed by atoms with Gasteiger partial charge >= 0.3 is 0 Å². The quantitative estimate of drug-likeness (QED) is 0.464. The summed E-state index contributed by atoms with van der Waals surface area (Å²) in [7, 11) is 1.51. The van der Waals surface area contributed by atoms with Gasteiger partial charge in [-0.2, -0.15) is 0 Å². The molecule has 0 aliphatic carbocycles. The average molecular weight is 333 g/mol. The Bertz CT molecular complexity index is 1260. The van der Waals surface area contributed by atoms with Crippen molar-refractivity contribution in [2.45, 2.75) is 0 Å². The van der Waals surface area contributed by atoms with Crippen LogP contribution in [0.2, 0.25) is 0 Å². The predicted octanol–water partition coefficient (Wildman–Crippen LogP) is 2.47. The standard InChI is InChI=1S/C18H11N3O4/c1-25-8-5-10-13-14(18(24)21-17(13)23)12-9-4-7(22)2-3-11(9)20-16(12)15(10)19-6-8/h2-6,20,22H,1H3,(H,21,23,24). The van der Waals surface area contributed by atoms with Crippen LogP contribution in [0, 0.1) is 0 Å². The summed E-state index contributed by atoms with van der Waals surface area (Å²) in [5, 5.41) is 14.0. The van der Waals surface area contributed by atoms with Crippen molar-refractivity contribution >= 4 is 44.5 Å². The summed E-state index contributed by atoms with van der Waals surface area (Å²) in [6, 6.07) is 6.55. The molecule has 1 aliphatic rings. The van der Waals surface area contributed by atoms with E-state index in [0.29, 0.717) is 38.5 Å². The maximum atomic E-state index is 12.5. The Morgan fingerprint density at radius 1 is 1.08 bits per heavy atom. The number of carbonyl (C=O) groups is 2. The summed E-state index contributed by atoms with van der Waals surface area (Å²) in [5.41, 5.74) is 2.52. The van der Waals surface area contributed by atoms with E-state index in [4.69, 9.17) is 4.74 Å². The molecule has 0 radical (unpaired) electrons. The van der Waals surface area contributed by atoms with Gasteiger partial charge in [0.25, 0.3) is 11.8 Å². The van der Waals surface area contributed by atoms with Crippen molar-refractivity contribution in [3.8, 4) is 11.5 Å². The van der Waals surface area contributed by atoms with Gasteiger partial charge < -0.3 is 14.8 Å². The molecule has 0 bridgehead atoms. The topological polar surface area (TPSA) is 104 Å². The molecule has 5 rings (SSSR count). The number of hydrogen-bond acceptors (Lipinski definition) is 5. The summed E-state index contributed by atoms with van der Waals surface area (Å²) in [6.45, 7) is 0. The molecule has 2 aromatic heterocycles. The van der Waals surface area contributed by atoms with Crippen LogP contribution in [0.1, 0.15) is 20.7 Å². The third-order valence-corrected chi connectivity index (χ3v) is 4.57. The van der Waals surface area contributed by atoms with Crippen LogP contribution in [0.3, 0.4) is 0 Å². The first-order valence-electron chi connectivity index (χ1n) is 7.58. The lowest BCUT2D eigenvalue weighted by Crippen LogP contribution is -2.20. The molecule has 3 heterocycles. The molecule has 4 aromatic rings. The molecule has 0 saturated carbocycles. The summed E-state index contributed by atoms with van der Waals surface area (Å²) < 4.78 is 5.21.